The summed E-state index contributed by atoms with van der Waals surface area (Å²) < 4.78 is 5.21. The van der Waals surface area contributed by atoms with Crippen LogP contribution in [0.1, 0.15) is 25.5 Å². The molecule has 1 aromatic heterocycles. The van der Waals surface area contributed by atoms with E-state index in [1.807, 2.05) is 12.4 Å². The highest BCUT2D eigenvalue weighted by molar-refractivity contribution is 5.37. The minimum atomic E-state index is 0.623. The van der Waals surface area contributed by atoms with E-state index in [2.05, 4.69) is 27.1 Å². The van der Waals surface area contributed by atoms with E-state index < -0.39 is 0 Å². The molecule has 0 aromatic carbocycles. The molecule has 0 aliphatic carbocycles. The molecule has 0 amide bonds. The van der Waals surface area contributed by atoms with Crippen molar-refractivity contribution >= 4 is 5.82 Å². The molecular weight excluding hydrogens is 240 g/mol. The standard InChI is InChI=1S/C14H24N4O/c1-3-5-15-7-13-8-17-14(9-16-13)18-6-4-12(10-18)11-19-2/h8-9,12,15H,3-7,10-11H2,1-2H3. The van der Waals surface area contributed by atoms with Gasteiger partial charge in [-0.1, -0.05) is 6.92 Å². The van der Waals surface area contributed by atoms with Crippen molar-refractivity contribution < 1.29 is 4.74 Å². The van der Waals surface area contributed by atoms with Gasteiger partial charge < -0.3 is 15.0 Å². The van der Waals surface area contributed by atoms with Gasteiger partial charge in [0.05, 0.1) is 24.7 Å². The summed E-state index contributed by atoms with van der Waals surface area (Å²) in [6.07, 6.45) is 6.08. The van der Waals surface area contributed by atoms with Crippen LogP contribution >= 0.6 is 0 Å². The molecule has 2 heterocycles. The fourth-order valence-electron chi connectivity index (χ4n) is 2.41. The first kappa shape index (κ1) is 14.2. The fourth-order valence-corrected chi connectivity index (χ4v) is 2.41. The predicted octanol–water partition coefficient (Wildman–Crippen LogP) is 1.45. The van der Waals surface area contributed by atoms with E-state index in [-0.39, 0.29) is 0 Å². The van der Waals surface area contributed by atoms with Crippen LogP contribution in [0.15, 0.2) is 12.4 Å². The van der Waals surface area contributed by atoms with Gasteiger partial charge in [0.1, 0.15) is 5.82 Å². The van der Waals surface area contributed by atoms with E-state index >= 15 is 0 Å². The highest BCUT2D eigenvalue weighted by atomic mass is 16.5. The summed E-state index contributed by atoms with van der Waals surface area (Å²) in [5.74, 6) is 1.61. The van der Waals surface area contributed by atoms with Crippen molar-refractivity contribution in [3.05, 3.63) is 18.1 Å². The second-order valence-electron chi connectivity index (χ2n) is 5.10. The van der Waals surface area contributed by atoms with Crippen LogP contribution in [0.25, 0.3) is 0 Å². The van der Waals surface area contributed by atoms with Gasteiger partial charge in [0.15, 0.2) is 0 Å². The summed E-state index contributed by atoms with van der Waals surface area (Å²) in [5.41, 5.74) is 1.00. The van der Waals surface area contributed by atoms with Crippen LogP contribution in [-0.4, -0.2) is 43.3 Å². The quantitative estimate of drug-likeness (QED) is 0.755. The van der Waals surface area contributed by atoms with Crippen LogP contribution in [0.3, 0.4) is 0 Å². The van der Waals surface area contributed by atoms with Crippen molar-refractivity contribution in [3.63, 3.8) is 0 Å². The van der Waals surface area contributed by atoms with Gasteiger partial charge in [-0.25, -0.2) is 4.98 Å². The molecule has 0 saturated carbocycles. The zero-order chi connectivity index (χ0) is 13.5. The number of hydrogen-bond donors (Lipinski definition) is 1. The van der Waals surface area contributed by atoms with Crippen LogP contribution in [0.4, 0.5) is 5.82 Å². The van der Waals surface area contributed by atoms with Crippen molar-refractivity contribution in [1.82, 2.24) is 15.3 Å². The summed E-state index contributed by atoms with van der Waals surface area (Å²) in [6, 6.07) is 0. The molecule has 1 fully saturated rings. The first-order valence-electron chi connectivity index (χ1n) is 7.09. The van der Waals surface area contributed by atoms with E-state index in [1.54, 1.807) is 7.11 Å². The van der Waals surface area contributed by atoms with Crippen LogP contribution in [0, 0.1) is 5.92 Å². The Morgan fingerprint density at radius 1 is 1.42 bits per heavy atom. The van der Waals surface area contributed by atoms with Crippen molar-refractivity contribution in [2.45, 2.75) is 26.3 Å². The number of methoxy groups -OCH3 is 1. The Morgan fingerprint density at radius 2 is 2.32 bits per heavy atom. The highest BCUT2D eigenvalue weighted by Gasteiger charge is 2.23. The van der Waals surface area contributed by atoms with Gasteiger partial charge in [0.25, 0.3) is 0 Å². The minimum absolute atomic E-state index is 0.623. The number of rotatable bonds is 7. The smallest absolute Gasteiger partial charge is 0.147 e. The van der Waals surface area contributed by atoms with Crippen LogP contribution in [0.2, 0.25) is 0 Å². The fraction of sp³-hybridized carbons (Fsp3) is 0.714. The van der Waals surface area contributed by atoms with E-state index in [0.717, 1.165) is 50.7 Å². The number of anilines is 1. The average molecular weight is 264 g/mol. The maximum Gasteiger partial charge on any atom is 0.147 e. The second kappa shape index (κ2) is 7.40. The molecule has 1 aromatic rings. The Hall–Kier alpha value is -1.20. The molecule has 0 bridgehead atoms. The molecule has 5 nitrogen and oxygen atoms in total. The SMILES string of the molecule is CCCNCc1cnc(N2CCC(COC)C2)cn1. The largest absolute Gasteiger partial charge is 0.384 e. The number of nitrogens with one attached hydrogen (secondary N) is 1. The van der Waals surface area contributed by atoms with Gasteiger partial charge >= 0.3 is 0 Å². The minimum Gasteiger partial charge on any atom is -0.384 e. The van der Waals surface area contributed by atoms with Gasteiger partial charge in [-0.15, -0.1) is 0 Å². The van der Waals surface area contributed by atoms with Crippen molar-refractivity contribution in [3.8, 4) is 0 Å². The monoisotopic (exact) mass is 264 g/mol. The first-order chi connectivity index (χ1) is 9.33. The highest BCUT2D eigenvalue weighted by Crippen LogP contribution is 2.21. The van der Waals surface area contributed by atoms with Crippen LogP contribution < -0.4 is 10.2 Å². The summed E-state index contributed by atoms with van der Waals surface area (Å²) >= 11 is 0. The zero-order valence-electron chi connectivity index (χ0n) is 11.9. The van der Waals surface area contributed by atoms with Crippen LogP contribution in [0.5, 0.6) is 0 Å². The maximum absolute atomic E-state index is 5.21. The molecule has 106 valence electrons. The third kappa shape index (κ3) is 4.14. The van der Waals surface area contributed by atoms with Crippen molar-refractivity contribution in [2.24, 2.45) is 5.92 Å². The van der Waals surface area contributed by atoms with Gasteiger partial charge in [0, 0.05) is 32.7 Å². The average Bonchev–Trinajstić information content (AvgIpc) is 2.89. The van der Waals surface area contributed by atoms with E-state index in [0.29, 0.717) is 5.92 Å². The number of aromatic nitrogens is 2. The maximum atomic E-state index is 5.21. The Labute approximate surface area is 115 Å². The second-order valence-corrected chi connectivity index (χ2v) is 5.10. The predicted molar refractivity (Wildman–Crippen MR) is 76.2 cm³/mol. The third-order valence-electron chi connectivity index (χ3n) is 3.44. The van der Waals surface area contributed by atoms with E-state index in [9.17, 15) is 0 Å². The molecule has 1 N–H and O–H groups in total. The summed E-state index contributed by atoms with van der Waals surface area (Å²) in [5, 5.41) is 3.33. The molecule has 5 heteroatoms. The molecule has 1 aliphatic heterocycles. The normalized spacial score (nSPS) is 19.1. The van der Waals surface area contributed by atoms with Gasteiger partial charge in [-0.2, -0.15) is 0 Å². The van der Waals surface area contributed by atoms with Gasteiger partial charge in [-0.3, -0.25) is 4.98 Å². The lowest BCUT2D eigenvalue weighted by Crippen LogP contribution is -2.22. The Balaban J connectivity index is 1.85. The lowest BCUT2D eigenvalue weighted by Gasteiger charge is -2.17. The van der Waals surface area contributed by atoms with Gasteiger partial charge in [0.2, 0.25) is 0 Å². The molecule has 0 radical (unpaired) electrons. The third-order valence-corrected chi connectivity index (χ3v) is 3.44. The molecule has 19 heavy (non-hydrogen) atoms. The lowest BCUT2D eigenvalue weighted by atomic mass is 10.1. The van der Waals surface area contributed by atoms with Crippen LogP contribution in [-0.2, 0) is 11.3 Å². The molecule has 0 spiro atoms. The van der Waals surface area contributed by atoms with E-state index in [1.165, 1.54) is 6.42 Å². The summed E-state index contributed by atoms with van der Waals surface area (Å²) in [6.45, 7) is 6.89. The molecule has 1 unspecified atom stereocenters. The Bertz CT molecular complexity index is 368. The molecular formula is C14H24N4O. The lowest BCUT2D eigenvalue weighted by molar-refractivity contribution is 0.161. The summed E-state index contributed by atoms with van der Waals surface area (Å²) in [7, 11) is 1.76. The van der Waals surface area contributed by atoms with Crippen molar-refractivity contribution in [2.75, 3.05) is 38.3 Å². The number of nitrogens with zero attached hydrogens (tertiary/aromatic N) is 3. The number of hydrogen-bond acceptors (Lipinski definition) is 5. The van der Waals surface area contributed by atoms with Crippen molar-refractivity contribution in [1.29, 1.82) is 0 Å². The molecule has 2 rings (SSSR count). The Kier molecular flexibility index (Phi) is 5.54. The van der Waals surface area contributed by atoms with Gasteiger partial charge in [-0.05, 0) is 19.4 Å². The molecule has 1 atom stereocenters. The molecule has 1 saturated heterocycles. The zero-order valence-corrected chi connectivity index (χ0v) is 11.9. The Morgan fingerprint density at radius 3 is 3.00 bits per heavy atom. The molecule has 1 aliphatic rings. The number of ether oxygens (including phenoxy) is 1. The topological polar surface area (TPSA) is 50.3 Å². The van der Waals surface area contributed by atoms with E-state index in [4.69, 9.17) is 4.74 Å². The summed E-state index contributed by atoms with van der Waals surface area (Å²) in [4.78, 5) is 11.3. The first-order valence-corrected chi connectivity index (χ1v) is 7.09.